The van der Waals surface area contributed by atoms with E-state index >= 15 is 0 Å². The second-order valence-corrected chi connectivity index (χ2v) is 5.00. The molecule has 1 N–H and O–H groups in total. The zero-order valence-electron chi connectivity index (χ0n) is 9.92. The van der Waals surface area contributed by atoms with Gasteiger partial charge in [0.15, 0.2) is 0 Å². The van der Waals surface area contributed by atoms with E-state index in [0.29, 0.717) is 0 Å². The lowest BCUT2D eigenvalue weighted by molar-refractivity contribution is 0.672. The Hall–Kier alpha value is -0.480. The third-order valence-corrected chi connectivity index (χ3v) is 3.48. The minimum absolute atomic E-state index is 0.941. The Bertz CT molecular complexity index is 283. The van der Waals surface area contributed by atoms with Crippen LogP contribution >= 0.6 is 11.8 Å². The lowest BCUT2D eigenvalue weighted by atomic mass is 10.2. The summed E-state index contributed by atoms with van der Waals surface area (Å²) in [7, 11) is 1.98. The van der Waals surface area contributed by atoms with Crippen molar-refractivity contribution >= 4 is 11.8 Å². The van der Waals surface area contributed by atoms with E-state index in [4.69, 9.17) is 0 Å². The van der Waals surface area contributed by atoms with E-state index in [1.807, 2.05) is 29.7 Å². The molecule has 0 atom stereocenters. The van der Waals surface area contributed by atoms with Crippen molar-refractivity contribution in [3.8, 4) is 0 Å². The molecule has 0 radical (unpaired) electrons. The average molecular weight is 227 g/mol. The van der Waals surface area contributed by atoms with Gasteiger partial charge in [-0.15, -0.1) is 0 Å². The lowest BCUT2D eigenvalue weighted by Gasteiger charge is -2.04. The molecule has 0 spiro atoms. The Morgan fingerprint density at radius 2 is 2.33 bits per heavy atom. The largest absolute Gasteiger partial charge is 0.313 e. The minimum Gasteiger partial charge on any atom is -0.313 e. The van der Waals surface area contributed by atoms with Crippen molar-refractivity contribution in [3.63, 3.8) is 0 Å². The minimum atomic E-state index is 0.941. The van der Waals surface area contributed by atoms with Gasteiger partial charge in [0.1, 0.15) is 0 Å². The molecule has 0 amide bonds. The number of nitrogens with zero attached hydrogens (tertiary/aromatic N) is 2. The van der Waals surface area contributed by atoms with E-state index < -0.39 is 0 Å². The topological polar surface area (TPSA) is 29.9 Å². The SMILES string of the molecule is CCSCCCNCc1cnn(C)c1C. The zero-order chi connectivity index (χ0) is 11.1. The van der Waals surface area contributed by atoms with Crippen LogP contribution in [0.5, 0.6) is 0 Å². The fourth-order valence-corrected chi connectivity index (χ4v) is 2.02. The molecule has 0 aliphatic carbocycles. The third-order valence-electron chi connectivity index (χ3n) is 2.50. The molecule has 1 heterocycles. The van der Waals surface area contributed by atoms with Crippen LogP contribution in [0.15, 0.2) is 6.20 Å². The summed E-state index contributed by atoms with van der Waals surface area (Å²) in [4.78, 5) is 0. The Morgan fingerprint density at radius 1 is 1.53 bits per heavy atom. The monoisotopic (exact) mass is 227 g/mol. The van der Waals surface area contributed by atoms with Gasteiger partial charge in [0.25, 0.3) is 0 Å². The van der Waals surface area contributed by atoms with Gasteiger partial charge in [0.2, 0.25) is 0 Å². The molecule has 3 nitrogen and oxygen atoms in total. The van der Waals surface area contributed by atoms with Crippen LogP contribution in [0.3, 0.4) is 0 Å². The Balaban J connectivity index is 2.12. The number of aromatic nitrogens is 2. The molecular formula is C11H21N3S. The summed E-state index contributed by atoms with van der Waals surface area (Å²) in [5, 5.41) is 7.67. The number of hydrogen-bond acceptors (Lipinski definition) is 3. The highest BCUT2D eigenvalue weighted by molar-refractivity contribution is 7.99. The van der Waals surface area contributed by atoms with Gasteiger partial charge < -0.3 is 5.32 Å². The molecule has 1 rings (SSSR count). The van der Waals surface area contributed by atoms with Gasteiger partial charge in [-0.3, -0.25) is 4.68 Å². The van der Waals surface area contributed by atoms with E-state index in [-0.39, 0.29) is 0 Å². The Kier molecular flexibility index (Phi) is 5.79. The average Bonchev–Trinajstić information content (AvgIpc) is 2.54. The fraction of sp³-hybridized carbons (Fsp3) is 0.727. The molecule has 0 saturated heterocycles. The Labute approximate surface area is 96.6 Å². The van der Waals surface area contributed by atoms with Gasteiger partial charge >= 0.3 is 0 Å². The van der Waals surface area contributed by atoms with Crippen LogP contribution in [0.25, 0.3) is 0 Å². The first-order valence-electron chi connectivity index (χ1n) is 5.51. The van der Waals surface area contributed by atoms with E-state index in [0.717, 1.165) is 13.1 Å². The molecule has 1 aromatic rings. The predicted octanol–water partition coefficient (Wildman–Crippen LogP) is 1.96. The molecule has 0 saturated carbocycles. The van der Waals surface area contributed by atoms with E-state index in [1.165, 1.54) is 29.2 Å². The van der Waals surface area contributed by atoms with Crippen LogP contribution in [0.4, 0.5) is 0 Å². The number of aryl methyl sites for hydroxylation is 1. The van der Waals surface area contributed by atoms with Gasteiger partial charge in [0.05, 0.1) is 6.20 Å². The smallest absolute Gasteiger partial charge is 0.0537 e. The van der Waals surface area contributed by atoms with Gasteiger partial charge in [-0.25, -0.2) is 0 Å². The van der Waals surface area contributed by atoms with Gasteiger partial charge in [-0.2, -0.15) is 16.9 Å². The highest BCUT2D eigenvalue weighted by atomic mass is 32.2. The van der Waals surface area contributed by atoms with Gasteiger partial charge in [-0.1, -0.05) is 6.92 Å². The second kappa shape index (κ2) is 6.90. The number of rotatable bonds is 7. The van der Waals surface area contributed by atoms with Crippen LogP contribution in [-0.2, 0) is 13.6 Å². The first-order valence-corrected chi connectivity index (χ1v) is 6.67. The number of nitrogens with one attached hydrogen (secondary N) is 1. The first-order chi connectivity index (χ1) is 7.25. The Morgan fingerprint density at radius 3 is 2.93 bits per heavy atom. The summed E-state index contributed by atoms with van der Waals surface area (Å²) in [6, 6.07) is 0. The van der Waals surface area contributed by atoms with Crippen molar-refractivity contribution in [2.45, 2.75) is 26.8 Å². The van der Waals surface area contributed by atoms with Crippen LogP contribution in [0, 0.1) is 6.92 Å². The maximum atomic E-state index is 4.22. The van der Waals surface area contributed by atoms with E-state index in [1.54, 1.807) is 0 Å². The van der Waals surface area contributed by atoms with Gasteiger partial charge in [0, 0.05) is 24.8 Å². The summed E-state index contributed by atoms with van der Waals surface area (Å²) < 4.78 is 1.92. The molecule has 0 aliphatic heterocycles. The number of thioether (sulfide) groups is 1. The molecule has 0 unspecified atom stereocenters. The summed E-state index contributed by atoms with van der Waals surface area (Å²) >= 11 is 2.01. The summed E-state index contributed by atoms with van der Waals surface area (Å²) in [6.45, 7) is 6.35. The van der Waals surface area contributed by atoms with Crippen LogP contribution < -0.4 is 5.32 Å². The summed E-state index contributed by atoms with van der Waals surface area (Å²) in [5.41, 5.74) is 2.56. The lowest BCUT2D eigenvalue weighted by Crippen LogP contribution is -2.15. The highest BCUT2D eigenvalue weighted by Gasteiger charge is 2.01. The van der Waals surface area contributed by atoms with Crippen molar-refractivity contribution in [3.05, 3.63) is 17.5 Å². The van der Waals surface area contributed by atoms with Crippen molar-refractivity contribution in [1.29, 1.82) is 0 Å². The second-order valence-electron chi connectivity index (χ2n) is 3.61. The quantitative estimate of drug-likeness (QED) is 0.722. The maximum absolute atomic E-state index is 4.22. The van der Waals surface area contributed by atoms with E-state index in [2.05, 4.69) is 24.3 Å². The maximum Gasteiger partial charge on any atom is 0.0537 e. The molecule has 86 valence electrons. The van der Waals surface area contributed by atoms with Crippen molar-refractivity contribution in [2.75, 3.05) is 18.1 Å². The number of hydrogen-bond donors (Lipinski definition) is 1. The molecule has 1 aromatic heterocycles. The van der Waals surface area contributed by atoms with E-state index in [9.17, 15) is 0 Å². The summed E-state index contributed by atoms with van der Waals surface area (Å²) in [6.07, 6.45) is 3.20. The fourth-order valence-electron chi connectivity index (χ4n) is 1.38. The molecular weight excluding hydrogens is 206 g/mol. The van der Waals surface area contributed by atoms with Crippen LogP contribution in [-0.4, -0.2) is 27.8 Å². The van der Waals surface area contributed by atoms with Crippen molar-refractivity contribution in [2.24, 2.45) is 7.05 Å². The van der Waals surface area contributed by atoms with Crippen LogP contribution in [0.2, 0.25) is 0 Å². The normalized spacial score (nSPS) is 10.9. The third kappa shape index (κ3) is 4.26. The van der Waals surface area contributed by atoms with Crippen molar-refractivity contribution in [1.82, 2.24) is 15.1 Å². The first kappa shape index (κ1) is 12.6. The summed E-state index contributed by atoms with van der Waals surface area (Å²) in [5.74, 6) is 2.48. The highest BCUT2D eigenvalue weighted by Crippen LogP contribution is 2.05. The standard InChI is InChI=1S/C11H21N3S/c1-4-15-7-5-6-12-8-11-9-13-14(3)10(11)2/h9,12H,4-8H2,1-3H3. The molecule has 0 aromatic carbocycles. The zero-order valence-corrected chi connectivity index (χ0v) is 10.7. The predicted molar refractivity (Wildman–Crippen MR) is 67.3 cm³/mol. The molecule has 4 heteroatoms. The molecule has 15 heavy (non-hydrogen) atoms. The van der Waals surface area contributed by atoms with Crippen molar-refractivity contribution < 1.29 is 0 Å². The molecule has 0 bridgehead atoms. The molecule has 0 aliphatic rings. The van der Waals surface area contributed by atoms with Crippen LogP contribution in [0.1, 0.15) is 24.6 Å². The van der Waals surface area contributed by atoms with Gasteiger partial charge in [-0.05, 0) is 31.4 Å². The molecule has 0 fully saturated rings.